The van der Waals surface area contributed by atoms with Crippen LogP contribution < -0.4 is 31.0 Å². The zero-order chi connectivity index (χ0) is 47.1. The van der Waals surface area contributed by atoms with Crippen LogP contribution in [0.3, 0.4) is 0 Å². The lowest BCUT2D eigenvalue weighted by Gasteiger charge is -2.52. The van der Waals surface area contributed by atoms with Crippen LogP contribution in [0.4, 0.5) is 5.69 Å². The smallest absolute Gasteiger partial charge is 0.276 e. The first-order valence-corrected chi connectivity index (χ1v) is 21.7. The summed E-state index contributed by atoms with van der Waals surface area (Å²) in [6, 6.07) is 8.60. The van der Waals surface area contributed by atoms with E-state index in [1.807, 2.05) is 32.2 Å². The van der Waals surface area contributed by atoms with Crippen LogP contribution in [0, 0.1) is 16.7 Å². The van der Waals surface area contributed by atoms with Gasteiger partial charge in [-0.3, -0.25) is 48.8 Å². The number of nitrogens with one attached hydrogen (secondary N) is 4. The fourth-order valence-electron chi connectivity index (χ4n) is 8.82. The topological polar surface area (TPSA) is 243 Å². The van der Waals surface area contributed by atoms with Crippen LogP contribution in [0.25, 0.3) is 22.0 Å². The number of H-pyrrole nitrogens is 1. The number of hydrogen-bond donors (Lipinski definition) is 4. The molecule has 0 spiro atoms. The lowest BCUT2D eigenvalue weighted by molar-refractivity contribution is -0.158. The molecule has 4 aliphatic rings. The van der Waals surface area contributed by atoms with Crippen molar-refractivity contribution >= 4 is 46.1 Å². The Balaban J connectivity index is 0.796. The summed E-state index contributed by atoms with van der Waals surface area (Å²) in [4.78, 5) is 78.6. The van der Waals surface area contributed by atoms with Gasteiger partial charge in [0, 0.05) is 53.2 Å². The molecule has 4 N–H and O–H groups in total. The number of piperidine rings is 2. The van der Waals surface area contributed by atoms with Crippen molar-refractivity contribution in [2.45, 2.75) is 72.2 Å². The molecule has 20 nitrogen and oxygen atoms in total. The third-order valence-corrected chi connectivity index (χ3v) is 12.9. The third-order valence-electron chi connectivity index (χ3n) is 12.9. The normalized spacial score (nSPS) is 18.8. The fraction of sp³-hybridized carbons (Fsp3) is 0.457. The first-order chi connectivity index (χ1) is 31.5. The Morgan fingerprint density at radius 3 is 2.41 bits per heavy atom. The van der Waals surface area contributed by atoms with Crippen LogP contribution in [-0.2, 0) is 50.6 Å². The average Bonchev–Trinajstić information content (AvgIpc) is 4.01. The van der Waals surface area contributed by atoms with Gasteiger partial charge >= 0.3 is 0 Å². The van der Waals surface area contributed by atoms with E-state index in [9.17, 15) is 28.8 Å². The van der Waals surface area contributed by atoms with Crippen molar-refractivity contribution in [3.63, 3.8) is 0 Å². The number of benzene rings is 2. The predicted molar refractivity (Wildman–Crippen MR) is 238 cm³/mol. The van der Waals surface area contributed by atoms with Gasteiger partial charge in [-0.25, -0.2) is 0 Å². The molecule has 348 valence electrons. The second-order valence-electron chi connectivity index (χ2n) is 18.5. The van der Waals surface area contributed by atoms with E-state index in [4.69, 9.17) is 18.9 Å². The molecule has 20 heteroatoms. The van der Waals surface area contributed by atoms with Crippen molar-refractivity contribution in [1.82, 2.24) is 45.3 Å². The molecule has 1 saturated carbocycles. The van der Waals surface area contributed by atoms with Gasteiger partial charge in [0.25, 0.3) is 23.3 Å². The molecule has 5 amide bonds. The molecule has 1 atom stereocenters. The van der Waals surface area contributed by atoms with Gasteiger partial charge in [-0.1, -0.05) is 39.0 Å². The number of aromatic amines is 1. The SMILES string of the molecule is CCC(C)(COCC(C)(C)CNC(=O)COCc1c(OC)cc(-c2cn(C)c(=O)c3[nH]ncc23)cc1OC)Cn1cc(CNc2cccc3c2C(=O)N(C24CC(C2)C(=O)NC4=O)C3=O)nn1. The Bertz CT molecular complexity index is 2780. The maximum atomic E-state index is 13.7. The van der Waals surface area contributed by atoms with E-state index in [2.05, 4.69) is 50.3 Å². The molecule has 2 aromatic carbocycles. The van der Waals surface area contributed by atoms with Gasteiger partial charge in [-0.15, -0.1) is 5.10 Å². The van der Waals surface area contributed by atoms with Crippen molar-refractivity contribution < 1.29 is 42.9 Å². The van der Waals surface area contributed by atoms with Crippen LogP contribution in [0.5, 0.6) is 11.5 Å². The van der Waals surface area contributed by atoms with Gasteiger partial charge in [-0.05, 0) is 49.1 Å². The Morgan fingerprint density at radius 1 is 0.970 bits per heavy atom. The summed E-state index contributed by atoms with van der Waals surface area (Å²) >= 11 is 0. The number of fused-ring (bicyclic) bond motifs is 4. The van der Waals surface area contributed by atoms with Crippen LogP contribution in [-0.4, -0.2) is 110 Å². The fourth-order valence-corrected chi connectivity index (χ4v) is 8.82. The van der Waals surface area contributed by atoms with Crippen LogP contribution >= 0.6 is 0 Å². The first kappa shape index (κ1) is 45.6. The van der Waals surface area contributed by atoms with Crippen LogP contribution in [0.2, 0.25) is 0 Å². The molecule has 1 aliphatic carbocycles. The van der Waals surface area contributed by atoms with Gasteiger partial charge in [-0.2, -0.15) is 5.10 Å². The molecule has 2 bridgehead atoms. The van der Waals surface area contributed by atoms with Gasteiger partial charge in [0.1, 0.15) is 34.9 Å². The number of aryl methyl sites for hydroxylation is 1. The van der Waals surface area contributed by atoms with E-state index < -0.39 is 34.6 Å². The quantitative estimate of drug-likeness (QED) is 0.0820. The lowest BCUT2D eigenvalue weighted by atomic mass is 9.63. The summed E-state index contributed by atoms with van der Waals surface area (Å²) < 4.78 is 26.7. The summed E-state index contributed by atoms with van der Waals surface area (Å²) in [7, 11) is 4.75. The van der Waals surface area contributed by atoms with Crippen LogP contribution in [0.1, 0.15) is 78.9 Å². The van der Waals surface area contributed by atoms with Gasteiger partial charge in [0.15, 0.2) is 0 Å². The van der Waals surface area contributed by atoms with Crippen LogP contribution in [0.15, 0.2) is 53.7 Å². The van der Waals surface area contributed by atoms with Gasteiger partial charge in [0.05, 0.1) is 76.2 Å². The standard InChI is InChI=1S/C46H54N10O10/c1-8-45(4,23-55-18-28(51-53-55)16-47-33-11-9-10-29-37(33)41(60)56(40(29)59)46-14-27(15-46)39(58)50-43(46)62)25-66-24-44(2,3)22-48-36(57)21-65-20-32-34(63-6)12-26(13-35(32)64-7)31-19-54(5)42(61)38-30(31)17-49-52-38/h9-13,17-19,27,47H,8,14-16,20-25H2,1-7H3,(H,48,57)(H,49,52)(H,50,58,62). The largest absolute Gasteiger partial charge is 0.496 e. The third kappa shape index (κ3) is 8.53. The van der Waals surface area contributed by atoms with E-state index in [1.54, 1.807) is 56.5 Å². The second kappa shape index (κ2) is 17.8. The van der Waals surface area contributed by atoms with E-state index >= 15 is 0 Å². The zero-order valence-corrected chi connectivity index (χ0v) is 38.0. The number of pyridine rings is 1. The summed E-state index contributed by atoms with van der Waals surface area (Å²) in [5, 5.41) is 24.7. The number of carbonyl (C=O) groups is 5. The minimum Gasteiger partial charge on any atom is -0.496 e. The maximum absolute atomic E-state index is 13.7. The second-order valence-corrected chi connectivity index (χ2v) is 18.5. The number of aromatic nitrogens is 6. The Kier molecular flexibility index (Phi) is 12.3. The first-order valence-electron chi connectivity index (χ1n) is 21.7. The molecular weight excluding hydrogens is 853 g/mol. The zero-order valence-electron chi connectivity index (χ0n) is 38.0. The summed E-state index contributed by atoms with van der Waals surface area (Å²) in [6.45, 7) is 9.93. The van der Waals surface area contributed by atoms with E-state index in [-0.39, 0.29) is 66.5 Å². The lowest BCUT2D eigenvalue weighted by Crippen LogP contribution is -2.74. The van der Waals surface area contributed by atoms with Gasteiger partial charge in [0.2, 0.25) is 11.8 Å². The number of rotatable bonds is 20. The molecule has 3 aliphatic heterocycles. The molecule has 0 radical (unpaired) electrons. The summed E-state index contributed by atoms with van der Waals surface area (Å²) in [6.07, 6.45) is 6.21. The highest BCUT2D eigenvalue weighted by atomic mass is 16.5. The minimum absolute atomic E-state index is 0.0474. The number of hydrogen-bond acceptors (Lipinski definition) is 14. The van der Waals surface area contributed by atoms with E-state index in [0.717, 1.165) is 22.4 Å². The Morgan fingerprint density at radius 2 is 1.71 bits per heavy atom. The highest BCUT2D eigenvalue weighted by Crippen LogP contribution is 2.49. The van der Waals surface area contributed by atoms with Crippen molar-refractivity contribution in [3.8, 4) is 22.6 Å². The average molecular weight is 907 g/mol. The molecule has 3 fully saturated rings. The monoisotopic (exact) mass is 906 g/mol. The molecule has 1 unspecified atom stereocenters. The minimum atomic E-state index is -1.35. The number of amides is 5. The number of anilines is 1. The van der Waals surface area contributed by atoms with Crippen molar-refractivity contribution in [2.75, 3.05) is 45.9 Å². The number of carbonyl (C=O) groups excluding carboxylic acids is 5. The molecule has 3 aromatic heterocycles. The Labute approximate surface area is 379 Å². The number of nitrogens with zero attached hydrogens (tertiary/aromatic N) is 6. The van der Waals surface area contributed by atoms with Crippen molar-refractivity contribution in [1.29, 1.82) is 0 Å². The highest BCUT2D eigenvalue weighted by molar-refractivity contribution is 6.27. The summed E-state index contributed by atoms with van der Waals surface area (Å²) in [5.74, 6) is -1.80. The Hall–Kier alpha value is -6.93. The molecule has 9 rings (SSSR count). The van der Waals surface area contributed by atoms with Crippen molar-refractivity contribution in [2.24, 2.45) is 23.8 Å². The molecular formula is C46H54N10O10. The van der Waals surface area contributed by atoms with E-state index in [1.165, 1.54) is 4.57 Å². The molecule has 6 heterocycles. The molecule has 2 saturated heterocycles. The number of methoxy groups -OCH3 is 2. The van der Waals surface area contributed by atoms with Gasteiger partial charge < -0.3 is 34.1 Å². The van der Waals surface area contributed by atoms with E-state index in [0.29, 0.717) is 65.6 Å². The maximum Gasteiger partial charge on any atom is 0.276 e. The van der Waals surface area contributed by atoms with Crippen molar-refractivity contribution in [3.05, 3.63) is 81.7 Å². The molecule has 5 aromatic rings. The highest BCUT2D eigenvalue weighted by Gasteiger charge is 2.65. The number of ether oxygens (including phenoxy) is 4. The number of imide groups is 2. The summed E-state index contributed by atoms with van der Waals surface area (Å²) in [5.41, 5.74) is 1.70. The predicted octanol–water partition coefficient (Wildman–Crippen LogP) is 3.34. The molecule has 66 heavy (non-hydrogen) atoms.